The molecule has 1 aromatic heterocycles. The largest absolute Gasteiger partial charge is 0.454 e. The Hall–Kier alpha value is -2.65. The summed E-state index contributed by atoms with van der Waals surface area (Å²) in [5.74, 6) is -1.11. The molecule has 1 heterocycles. The first kappa shape index (κ1) is 21.1. The van der Waals surface area contributed by atoms with Crippen molar-refractivity contribution in [2.24, 2.45) is 0 Å². The van der Waals surface area contributed by atoms with E-state index < -0.39 is 24.3 Å². The summed E-state index contributed by atoms with van der Waals surface area (Å²) in [6, 6.07) is 14.2. The van der Waals surface area contributed by atoms with Crippen molar-refractivity contribution in [2.75, 3.05) is 11.9 Å². The van der Waals surface area contributed by atoms with E-state index in [0.717, 1.165) is 15.9 Å². The van der Waals surface area contributed by atoms with Crippen LogP contribution in [0.1, 0.15) is 25.6 Å². The first-order valence-electron chi connectivity index (χ1n) is 8.23. The quantitative estimate of drug-likeness (QED) is 0.329. The Bertz CT molecular complexity index is 1050. The van der Waals surface area contributed by atoms with Crippen LogP contribution in [0.25, 0.3) is 0 Å². The zero-order valence-corrected chi connectivity index (χ0v) is 17.0. The van der Waals surface area contributed by atoms with Gasteiger partial charge >= 0.3 is 12.1 Å². The molecule has 0 aliphatic heterocycles. The molecule has 0 fully saturated rings. The number of Topliss-reactive ketones (excluding diaryl/α,β-unsaturated/α-hetero) is 1. The summed E-state index contributed by atoms with van der Waals surface area (Å²) < 4.78 is 44.6. The second-order valence-electron chi connectivity index (χ2n) is 5.85. The predicted octanol–water partition coefficient (Wildman–Crippen LogP) is 6.31. The highest BCUT2D eigenvalue weighted by Gasteiger charge is 2.30. The smallest absolute Gasteiger partial charge is 0.416 e. The molecule has 0 radical (unpaired) electrons. The number of nitrogens with one attached hydrogen (secondary N) is 1. The van der Waals surface area contributed by atoms with E-state index in [0.29, 0.717) is 4.88 Å². The van der Waals surface area contributed by atoms with Gasteiger partial charge < -0.3 is 10.1 Å². The first-order valence-corrected chi connectivity index (χ1v) is 9.84. The zero-order valence-electron chi connectivity index (χ0n) is 14.6. The molecule has 150 valence electrons. The van der Waals surface area contributed by atoms with Gasteiger partial charge in [-0.3, -0.25) is 4.79 Å². The minimum Gasteiger partial charge on any atom is -0.454 e. The van der Waals surface area contributed by atoms with Crippen molar-refractivity contribution in [2.45, 2.75) is 6.18 Å². The number of carbonyl (C=O) groups is 2. The molecule has 3 rings (SSSR count). The Morgan fingerprint density at radius 3 is 2.48 bits per heavy atom. The average Bonchev–Trinajstić information content (AvgIpc) is 3.12. The highest BCUT2D eigenvalue weighted by molar-refractivity contribution is 9.11. The molecule has 0 spiro atoms. The van der Waals surface area contributed by atoms with Gasteiger partial charge in [0.1, 0.15) is 0 Å². The maximum atomic E-state index is 12.9. The Morgan fingerprint density at radius 2 is 1.79 bits per heavy atom. The molecule has 0 amide bonds. The second kappa shape index (κ2) is 8.79. The van der Waals surface area contributed by atoms with Gasteiger partial charge in [-0.1, -0.05) is 18.2 Å². The molecule has 3 aromatic rings. The summed E-state index contributed by atoms with van der Waals surface area (Å²) >= 11 is 4.48. The monoisotopic (exact) mass is 483 g/mol. The molecule has 0 aliphatic carbocycles. The van der Waals surface area contributed by atoms with Gasteiger partial charge in [-0.25, -0.2) is 4.79 Å². The SMILES string of the molecule is O=C(COC(=O)c1ccccc1Nc1cccc(C(F)(F)F)c1)c1ccc(Br)s1. The van der Waals surface area contributed by atoms with Crippen molar-refractivity contribution < 1.29 is 27.5 Å². The number of halogens is 4. The van der Waals surface area contributed by atoms with Crippen LogP contribution in [0, 0.1) is 0 Å². The number of carbonyl (C=O) groups excluding carboxylic acids is 2. The van der Waals surface area contributed by atoms with Gasteiger partial charge in [0.2, 0.25) is 5.78 Å². The predicted molar refractivity (Wildman–Crippen MR) is 108 cm³/mol. The van der Waals surface area contributed by atoms with Gasteiger partial charge in [0, 0.05) is 5.69 Å². The van der Waals surface area contributed by atoms with Crippen LogP contribution in [0.3, 0.4) is 0 Å². The summed E-state index contributed by atoms with van der Waals surface area (Å²) in [6.07, 6.45) is -4.48. The number of hydrogen-bond donors (Lipinski definition) is 1. The Labute approximate surface area is 176 Å². The normalized spacial score (nSPS) is 11.2. The lowest BCUT2D eigenvalue weighted by atomic mass is 10.1. The summed E-state index contributed by atoms with van der Waals surface area (Å²) in [7, 11) is 0. The van der Waals surface area contributed by atoms with Crippen molar-refractivity contribution in [1.29, 1.82) is 0 Å². The molecule has 2 aromatic carbocycles. The van der Waals surface area contributed by atoms with Crippen molar-refractivity contribution in [3.8, 4) is 0 Å². The molecule has 0 aliphatic rings. The molecule has 9 heteroatoms. The summed E-state index contributed by atoms with van der Waals surface area (Å²) in [6.45, 7) is -0.441. The number of rotatable bonds is 6. The number of anilines is 2. The van der Waals surface area contributed by atoms with Gasteiger partial charge in [0.25, 0.3) is 0 Å². The van der Waals surface area contributed by atoms with Gasteiger partial charge in [0.05, 0.1) is 25.5 Å². The van der Waals surface area contributed by atoms with E-state index in [-0.39, 0.29) is 22.7 Å². The van der Waals surface area contributed by atoms with Crippen LogP contribution >= 0.6 is 27.3 Å². The standard InChI is InChI=1S/C20H13BrF3NO3S/c21-18-9-8-17(29-18)16(26)11-28-19(27)14-6-1-2-7-15(14)25-13-5-3-4-12(10-13)20(22,23)24/h1-10,25H,11H2. The van der Waals surface area contributed by atoms with Gasteiger partial charge in [0.15, 0.2) is 6.61 Å². The molecule has 0 saturated heterocycles. The fraction of sp³-hybridized carbons (Fsp3) is 0.100. The lowest BCUT2D eigenvalue weighted by Crippen LogP contribution is -2.14. The highest BCUT2D eigenvalue weighted by atomic mass is 79.9. The third-order valence-electron chi connectivity index (χ3n) is 3.80. The molecule has 0 saturated carbocycles. The lowest BCUT2D eigenvalue weighted by molar-refractivity contribution is -0.137. The van der Waals surface area contributed by atoms with Gasteiger partial charge in [-0.2, -0.15) is 13.2 Å². The molecular weight excluding hydrogens is 471 g/mol. The van der Waals surface area contributed by atoms with Crippen molar-refractivity contribution in [3.63, 3.8) is 0 Å². The Kier molecular flexibility index (Phi) is 6.39. The van der Waals surface area contributed by atoms with Crippen LogP contribution in [0.15, 0.2) is 64.5 Å². The number of benzene rings is 2. The van der Waals surface area contributed by atoms with Gasteiger partial charge in [-0.05, 0) is 58.4 Å². The highest BCUT2D eigenvalue weighted by Crippen LogP contribution is 2.32. The minimum absolute atomic E-state index is 0.102. The van der Waals surface area contributed by atoms with Crippen molar-refractivity contribution in [1.82, 2.24) is 0 Å². The van der Waals surface area contributed by atoms with E-state index in [1.807, 2.05) is 0 Å². The number of alkyl halides is 3. The number of hydrogen-bond acceptors (Lipinski definition) is 5. The zero-order chi connectivity index (χ0) is 21.0. The van der Waals surface area contributed by atoms with E-state index in [2.05, 4.69) is 21.2 Å². The number of esters is 1. The molecule has 1 N–H and O–H groups in total. The van der Waals surface area contributed by atoms with Crippen LogP contribution in [0.4, 0.5) is 24.5 Å². The summed E-state index contributed by atoms with van der Waals surface area (Å²) in [5.41, 5.74) is -0.275. The Balaban J connectivity index is 1.73. The minimum atomic E-state index is -4.48. The number of para-hydroxylation sites is 1. The summed E-state index contributed by atoms with van der Waals surface area (Å²) in [5, 5.41) is 2.80. The maximum absolute atomic E-state index is 12.9. The molecular formula is C20H13BrF3NO3S. The number of ether oxygens (including phenoxy) is 1. The van der Waals surface area contributed by atoms with E-state index in [1.54, 1.807) is 24.3 Å². The number of ketones is 1. The van der Waals surface area contributed by atoms with Crippen LogP contribution in [-0.4, -0.2) is 18.4 Å². The van der Waals surface area contributed by atoms with E-state index in [1.165, 1.54) is 35.6 Å². The van der Waals surface area contributed by atoms with Crippen LogP contribution < -0.4 is 5.32 Å². The average molecular weight is 484 g/mol. The topological polar surface area (TPSA) is 55.4 Å². The third kappa shape index (κ3) is 5.45. The van der Waals surface area contributed by atoms with Crippen LogP contribution in [-0.2, 0) is 10.9 Å². The van der Waals surface area contributed by atoms with E-state index >= 15 is 0 Å². The molecule has 29 heavy (non-hydrogen) atoms. The molecule has 0 bridgehead atoms. The van der Waals surface area contributed by atoms with E-state index in [9.17, 15) is 22.8 Å². The van der Waals surface area contributed by atoms with E-state index in [4.69, 9.17) is 4.74 Å². The van der Waals surface area contributed by atoms with Crippen molar-refractivity contribution in [3.05, 3.63) is 80.5 Å². The lowest BCUT2D eigenvalue weighted by Gasteiger charge is -2.13. The molecule has 0 unspecified atom stereocenters. The third-order valence-corrected chi connectivity index (χ3v) is 5.46. The van der Waals surface area contributed by atoms with Crippen LogP contribution in [0.2, 0.25) is 0 Å². The second-order valence-corrected chi connectivity index (χ2v) is 8.32. The number of thiophene rings is 1. The van der Waals surface area contributed by atoms with Crippen molar-refractivity contribution >= 4 is 50.4 Å². The molecule has 4 nitrogen and oxygen atoms in total. The Morgan fingerprint density at radius 1 is 1.03 bits per heavy atom. The van der Waals surface area contributed by atoms with Crippen LogP contribution in [0.5, 0.6) is 0 Å². The first-order chi connectivity index (χ1) is 13.7. The fourth-order valence-corrected chi connectivity index (χ4v) is 3.75. The fourth-order valence-electron chi connectivity index (χ4n) is 2.44. The molecule has 0 atom stereocenters. The van der Waals surface area contributed by atoms with Gasteiger partial charge in [-0.15, -0.1) is 11.3 Å². The summed E-state index contributed by atoms with van der Waals surface area (Å²) in [4.78, 5) is 25.0. The maximum Gasteiger partial charge on any atom is 0.416 e.